The second-order valence-electron chi connectivity index (χ2n) is 4.80. The Hall–Kier alpha value is -2.17. The van der Waals surface area contributed by atoms with E-state index in [4.69, 9.17) is 9.47 Å². The third-order valence-electron chi connectivity index (χ3n) is 2.65. The highest BCUT2D eigenvalue weighted by Crippen LogP contribution is 2.27. The first-order valence-electron chi connectivity index (χ1n) is 6.07. The van der Waals surface area contributed by atoms with E-state index in [9.17, 15) is 19.7 Å². The predicted octanol–water partition coefficient (Wildman–Crippen LogP) is 2.33. The quantitative estimate of drug-likeness (QED) is 0.201. The average molecular weight is 418 g/mol. The first-order chi connectivity index (χ1) is 10.2. The van der Waals surface area contributed by atoms with Crippen LogP contribution in [0.5, 0.6) is 0 Å². The van der Waals surface area contributed by atoms with Gasteiger partial charge in [0.25, 0.3) is 11.5 Å². The summed E-state index contributed by atoms with van der Waals surface area (Å²) in [5.74, 6) is -3.05. The molecule has 0 bridgehead atoms. The summed E-state index contributed by atoms with van der Waals surface area (Å²) in [7, 11) is 0. The van der Waals surface area contributed by atoms with Gasteiger partial charge in [0, 0.05) is 29.7 Å². The van der Waals surface area contributed by atoms with Gasteiger partial charge in [0.15, 0.2) is 5.57 Å². The summed E-state index contributed by atoms with van der Waals surface area (Å²) in [5, 5.41) is 13.6. The summed E-state index contributed by atoms with van der Waals surface area (Å²) in [6, 6.07) is 4.48. The van der Waals surface area contributed by atoms with Gasteiger partial charge in [-0.2, -0.15) is 0 Å². The van der Waals surface area contributed by atoms with E-state index in [-0.39, 0.29) is 16.9 Å². The summed E-state index contributed by atoms with van der Waals surface area (Å²) in [5.41, 5.74) is -0.405. The van der Waals surface area contributed by atoms with Gasteiger partial charge in [0.2, 0.25) is 0 Å². The number of cyclic esters (lactones) is 2. The van der Waals surface area contributed by atoms with Crippen LogP contribution in [-0.2, 0) is 19.1 Å². The number of nitro groups is 1. The van der Waals surface area contributed by atoms with Crippen LogP contribution < -0.4 is 5.32 Å². The first kappa shape index (κ1) is 16.2. The number of ether oxygens (including phenoxy) is 2. The third-order valence-corrected chi connectivity index (χ3v) is 3.32. The van der Waals surface area contributed by atoms with Gasteiger partial charge in [0.05, 0.1) is 4.92 Å². The van der Waals surface area contributed by atoms with Crippen molar-refractivity contribution in [3.05, 3.63) is 43.7 Å². The highest BCUT2D eigenvalue weighted by molar-refractivity contribution is 14.1. The van der Waals surface area contributed by atoms with Crippen molar-refractivity contribution in [2.24, 2.45) is 0 Å². The molecule has 0 unspecified atom stereocenters. The number of carbonyl (C=O) groups is 2. The van der Waals surface area contributed by atoms with Gasteiger partial charge in [-0.15, -0.1) is 0 Å². The topological polar surface area (TPSA) is 108 Å². The number of nitrogens with one attached hydrogen (secondary N) is 1. The lowest BCUT2D eigenvalue weighted by Gasteiger charge is -2.29. The molecule has 0 radical (unpaired) electrons. The molecule has 1 aliphatic heterocycles. The Morgan fingerprint density at radius 3 is 2.41 bits per heavy atom. The summed E-state index contributed by atoms with van der Waals surface area (Å²) in [4.78, 5) is 33.9. The zero-order chi connectivity index (χ0) is 16.5. The fourth-order valence-electron chi connectivity index (χ4n) is 1.71. The standard InChI is InChI=1S/C13H11IN2O6/c1-13(2)21-11(17)8(12(18)22-13)6-15-9-4-3-7(14)5-10(9)16(19)20/h3-6,15H,1-2H3. The normalized spacial score (nSPS) is 16.6. The summed E-state index contributed by atoms with van der Waals surface area (Å²) < 4.78 is 10.5. The number of hydrogen-bond donors (Lipinski definition) is 1. The maximum Gasteiger partial charge on any atom is 0.350 e. The largest absolute Gasteiger partial charge is 0.419 e. The molecule has 2 rings (SSSR count). The van der Waals surface area contributed by atoms with Crippen LogP contribution in [0.4, 0.5) is 11.4 Å². The van der Waals surface area contributed by atoms with Crippen LogP contribution in [0, 0.1) is 13.7 Å². The molecular weight excluding hydrogens is 407 g/mol. The SMILES string of the molecule is CC1(C)OC(=O)C(=CNc2ccc(I)cc2[N+](=O)[O-])C(=O)O1. The molecule has 1 aromatic rings. The zero-order valence-corrected chi connectivity index (χ0v) is 13.7. The Morgan fingerprint density at radius 1 is 1.27 bits per heavy atom. The number of halogens is 1. The molecule has 1 fully saturated rings. The molecule has 0 saturated carbocycles. The van der Waals surface area contributed by atoms with Gasteiger partial charge >= 0.3 is 11.9 Å². The van der Waals surface area contributed by atoms with Crippen molar-refractivity contribution in [1.82, 2.24) is 0 Å². The molecule has 1 aromatic carbocycles. The summed E-state index contributed by atoms with van der Waals surface area (Å²) >= 11 is 1.94. The van der Waals surface area contributed by atoms with E-state index in [0.717, 1.165) is 6.20 Å². The van der Waals surface area contributed by atoms with Gasteiger partial charge in [-0.3, -0.25) is 10.1 Å². The number of rotatable bonds is 3. The Bertz CT molecular complexity index is 676. The second kappa shape index (κ2) is 5.91. The molecule has 8 nitrogen and oxygen atoms in total. The van der Waals surface area contributed by atoms with Crippen LogP contribution in [-0.4, -0.2) is 22.6 Å². The molecule has 0 atom stereocenters. The van der Waals surface area contributed by atoms with Crippen LogP contribution in [0.2, 0.25) is 0 Å². The minimum atomic E-state index is -1.33. The van der Waals surface area contributed by atoms with Crippen molar-refractivity contribution in [3.63, 3.8) is 0 Å². The number of carbonyl (C=O) groups excluding carboxylic acids is 2. The van der Waals surface area contributed by atoms with Gasteiger partial charge in [-0.1, -0.05) is 0 Å². The molecular formula is C13H11IN2O6. The molecule has 1 heterocycles. The fourth-order valence-corrected chi connectivity index (χ4v) is 2.18. The third kappa shape index (κ3) is 3.53. The van der Waals surface area contributed by atoms with Crippen molar-refractivity contribution in [2.45, 2.75) is 19.6 Å². The maximum absolute atomic E-state index is 11.7. The molecule has 1 aliphatic rings. The van der Waals surface area contributed by atoms with E-state index in [1.54, 1.807) is 6.07 Å². The summed E-state index contributed by atoms with van der Waals surface area (Å²) in [6.45, 7) is 2.86. The number of anilines is 1. The fraction of sp³-hybridized carbons (Fsp3) is 0.231. The van der Waals surface area contributed by atoms with E-state index >= 15 is 0 Å². The average Bonchev–Trinajstić information content (AvgIpc) is 2.37. The van der Waals surface area contributed by atoms with Crippen molar-refractivity contribution in [1.29, 1.82) is 0 Å². The molecule has 1 saturated heterocycles. The number of esters is 2. The lowest BCUT2D eigenvalue weighted by Crippen LogP contribution is -2.42. The molecule has 0 amide bonds. The Kier molecular flexibility index (Phi) is 4.35. The van der Waals surface area contributed by atoms with Gasteiger partial charge in [-0.05, 0) is 34.7 Å². The van der Waals surface area contributed by atoms with Crippen LogP contribution in [0.3, 0.4) is 0 Å². The number of nitro benzene ring substituents is 1. The van der Waals surface area contributed by atoms with E-state index in [1.165, 1.54) is 26.0 Å². The highest BCUT2D eigenvalue weighted by Gasteiger charge is 2.39. The van der Waals surface area contributed by atoms with Crippen LogP contribution in [0.15, 0.2) is 30.0 Å². The first-order valence-corrected chi connectivity index (χ1v) is 7.15. The summed E-state index contributed by atoms with van der Waals surface area (Å²) in [6.07, 6.45) is 1.04. The maximum atomic E-state index is 11.7. The number of benzene rings is 1. The van der Waals surface area contributed by atoms with Gasteiger partial charge in [-0.25, -0.2) is 9.59 Å². The Labute approximate surface area is 138 Å². The molecule has 0 spiro atoms. The van der Waals surface area contributed by atoms with E-state index in [0.29, 0.717) is 3.57 Å². The van der Waals surface area contributed by atoms with Crippen molar-refractivity contribution in [2.75, 3.05) is 5.32 Å². The number of nitrogens with zero attached hydrogens (tertiary/aromatic N) is 1. The molecule has 0 aromatic heterocycles. The number of hydrogen-bond acceptors (Lipinski definition) is 7. The van der Waals surface area contributed by atoms with E-state index < -0.39 is 22.6 Å². The molecule has 22 heavy (non-hydrogen) atoms. The van der Waals surface area contributed by atoms with Crippen LogP contribution in [0.25, 0.3) is 0 Å². The Morgan fingerprint density at radius 2 is 1.86 bits per heavy atom. The molecule has 0 aliphatic carbocycles. The molecule has 1 N–H and O–H groups in total. The van der Waals surface area contributed by atoms with Crippen molar-refractivity contribution < 1.29 is 24.0 Å². The lowest BCUT2D eigenvalue weighted by atomic mass is 10.2. The zero-order valence-electron chi connectivity index (χ0n) is 11.6. The second-order valence-corrected chi connectivity index (χ2v) is 6.05. The van der Waals surface area contributed by atoms with Crippen LogP contribution in [0.1, 0.15) is 13.8 Å². The van der Waals surface area contributed by atoms with Gasteiger partial charge < -0.3 is 14.8 Å². The predicted molar refractivity (Wildman–Crippen MR) is 83.8 cm³/mol. The van der Waals surface area contributed by atoms with Crippen molar-refractivity contribution in [3.8, 4) is 0 Å². The lowest BCUT2D eigenvalue weighted by molar-refractivity contribution is -0.384. The smallest absolute Gasteiger partial charge is 0.350 e. The van der Waals surface area contributed by atoms with E-state index in [1.807, 2.05) is 22.6 Å². The highest BCUT2D eigenvalue weighted by atomic mass is 127. The minimum Gasteiger partial charge on any atom is -0.419 e. The van der Waals surface area contributed by atoms with Crippen molar-refractivity contribution >= 4 is 45.9 Å². The monoisotopic (exact) mass is 418 g/mol. The van der Waals surface area contributed by atoms with Crippen LogP contribution >= 0.6 is 22.6 Å². The van der Waals surface area contributed by atoms with Gasteiger partial charge in [0.1, 0.15) is 5.69 Å². The van der Waals surface area contributed by atoms with E-state index in [2.05, 4.69) is 5.32 Å². The Balaban J connectivity index is 2.27. The molecule has 9 heteroatoms. The minimum absolute atomic E-state index is 0.142. The molecule has 116 valence electrons.